The van der Waals surface area contributed by atoms with Crippen molar-refractivity contribution in [2.24, 2.45) is 5.92 Å². The minimum Gasteiger partial charge on any atom is -0.474 e. The van der Waals surface area contributed by atoms with Crippen LogP contribution in [0.15, 0.2) is 22.8 Å². The summed E-state index contributed by atoms with van der Waals surface area (Å²) in [6, 6.07) is 4.35. The molecule has 0 unspecified atom stereocenters. The number of carboxylic acid groups (broad SMARTS) is 1. The number of nitrogens with one attached hydrogen (secondary N) is 10. The van der Waals surface area contributed by atoms with Crippen LogP contribution in [0.3, 0.4) is 0 Å². The van der Waals surface area contributed by atoms with Gasteiger partial charge in [0.2, 0.25) is 31.9 Å². The third kappa shape index (κ3) is 69.6. The Balaban J connectivity index is -0.000000210. The minimum atomic E-state index is -3.21. The van der Waals surface area contributed by atoms with E-state index in [1.54, 1.807) is 74.4 Å². The number of nitrogens with zero attached hydrogens (tertiary/aromatic N) is 3. The van der Waals surface area contributed by atoms with Crippen LogP contribution in [-0.2, 0) is 49.4 Å². The van der Waals surface area contributed by atoms with Gasteiger partial charge >= 0.3 is 23.9 Å². The Hall–Kier alpha value is -5.18. The van der Waals surface area contributed by atoms with E-state index in [0.29, 0.717) is 17.7 Å². The largest absolute Gasteiger partial charge is 0.474 e. The van der Waals surface area contributed by atoms with Crippen molar-refractivity contribution in [2.75, 3.05) is 65.9 Å². The topological polar surface area (TPSA) is 385 Å². The molecule has 1 aliphatic heterocycles. The maximum absolute atomic E-state index is 11.5. The molecular weight excluding hydrogens is 1180 g/mol. The van der Waals surface area contributed by atoms with E-state index in [-0.39, 0.29) is 83.9 Å². The number of urea groups is 2. The first kappa shape index (κ1) is 92.0. The zero-order valence-electron chi connectivity index (χ0n) is 56.6. The normalized spacial score (nSPS) is 12.9. The summed E-state index contributed by atoms with van der Waals surface area (Å²) >= 11 is 0. The van der Waals surface area contributed by atoms with E-state index in [1.165, 1.54) is 27.3 Å². The molecule has 1 aromatic rings. The van der Waals surface area contributed by atoms with Crippen molar-refractivity contribution >= 4 is 71.9 Å². The van der Waals surface area contributed by atoms with Gasteiger partial charge in [-0.3, -0.25) is 19.2 Å². The summed E-state index contributed by atoms with van der Waals surface area (Å²) in [5, 5.41) is 26.8. The molecule has 2 heterocycles. The number of piperazine rings is 1. The molecule has 31 heteroatoms. The third-order valence-corrected chi connectivity index (χ3v) is 13.1. The average Bonchev–Trinajstić information content (AvgIpc) is 4.16. The second-order valence-electron chi connectivity index (χ2n) is 22.6. The van der Waals surface area contributed by atoms with Crippen molar-refractivity contribution in [2.45, 2.75) is 219 Å². The first-order valence-corrected chi connectivity index (χ1v) is 34.0. The molecular formula is C55H117N13O15S3. The van der Waals surface area contributed by atoms with Crippen LogP contribution < -0.4 is 51.4 Å². The van der Waals surface area contributed by atoms with Gasteiger partial charge in [-0.1, -0.05) is 6.92 Å². The Morgan fingerprint density at radius 2 is 1.03 bits per heavy atom. The number of rotatable bonds is 18. The Labute approximate surface area is 518 Å². The molecule has 0 bridgehead atoms. The molecule has 2 aliphatic rings. The maximum Gasteiger partial charge on any atom is 0.394 e. The van der Waals surface area contributed by atoms with E-state index >= 15 is 0 Å². The molecule has 0 atom stereocenters. The molecule has 1 saturated carbocycles. The van der Waals surface area contributed by atoms with Crippen molar-refractivity contribution in [1.29, 1.82) is 0 Å². The lowest BCUT2D eigenvalue weighted by Crippen LogP contribution is -2.51. The van der Waals surface area contributed by atoms with Crippen molar-refractivity contribution in [1.82, 2.24) is 65.5 Å². The number of sulfonamides is 2. The van der Waals surface area contributed by atoms with Crippen LogP contribution in [0.25, 0.3) is 0 Å². The monoisotopic (exact) mass is 1300 g/mol. The Bertz CT molecular complexity index is 2320. The van der Waals surface area contributed by atoms with E-state index in [2.05, 4.69) is 63.3 Å². The van der Waals surface area contributed by atoms with Crippen molar-refractivity contribution in [3.8, 4) is 0 Å². The molecule has 2 fully saturated rings. The standard InChI is InChI=1S/C9H19N3O.C8H11NO2.C7H16N2O.C7H13NO.C5H14N2O2S.C5H9NO3.C5H13NO2S.C5H11NO.C4H11NO2S/c1-8(2)10-9(13)12-6-4-11(3)5-7-12;1-6(2)9-8(10)7-4-3-5-11-7;1-4-5-8-7(10)9-6(2)3;1-5(2)8-7(9)6-3-4-6;1-5(2)6-10(8,9)7(3)4;1-3(2)6-4(7)5(8)9;1-4-9(7,8)6-5(2)3;1-4(2)6-5(3)7;1-4(2)5-8(3,6)7/h8H,4-7H2,1-3H3,(H,10,13);3-6H,1-2H3,(H,9,10);6H,4-5H2,1-3H3,(H2,8,9,10);5-6H,3-4H2,1-2H3,(H,8,9);5-6H,1-4H3;3H,1-2H3,(H,6,7)(H,8,9);5-6H,4H2,1-3H3;4H,1-3H3,(H,6,7);4-5H,1-3H3. The summed E-state index contributed by atoms with van der Waals surface area (Å²) in [6.07, 6.45) is 5.80. The molecule has 86 heavy (non-hydrogen) atoms. The number of likely N-dealkylation sites (N-methyl/N-ethyl adjacent to an activating group) is 1. The van der Waals surface area contributed by atoms with Crippen LogP contribution in [0.4, 0.5) is 9.59 Å². The van der Waals surface area contributed by atoms with Crippen LogP contribution in [0.1, 0.15) is 175 Å². The fourth-order valence-corrected chi connectivity index (χ4v) is 7.94. The van der Waals surface area contributed by atoms with Gasteiger partial charge in [0.15, 0.2) is 5.76 Å². The molecule has 28 nitrogen and oxygen atoms in total. The van der Waals surface area contributed by atoms with Crippen LogP contribution in [-0.4, -0.2) is 206 Å². The smallest absolute Gasteiger partial charge is 0.394 e. The second-order valence-corrected chi connectivity index (χ2v) is 28.3. The van der Waals surface area contributed by atoms with Crippen LogP contribution in [0.5, 0.6) is 0 Å². The van der Waals surface area contributed by atoms with Crippen molar-refractivity contribution < 1.29 is 68.3 Å². The highest BCUT2D eigenvalue weighted by Gasteiger charge is 2.29. The van der Waals surface area contributed by atoms with Gasteiger partial charge in [0.25, 0.3) is 16.1 Å². The zero-order valence-corrected chi connectivity index (χ0v) is 59.0. The molecule has 8 amide bonds. The van der Waals surface area contributed by atoms with Gasteiger partial charge in [0, 0.05) is 114 Å². The van der Waals surface area contributed by atoms with E-state index < -0.39 is 42.1 Å². The summed E-state index contributed by atoms with van der Waals surface area (Å²) in [4.78, 5) is 78.6. The number of carbonyl (C=O) groups excluding carboxylic acids is 6. The Kier molecular flexibility index (Phi) is 54.3. The van der Waals surface area contributed by atoms with Gasteiger partial charge in [-0.05, 0) is 170 Å². The van der Waals surface area contributed by atoms with Crippen LogP contribution >= 0.6 is 0 Å². The first-order valence-electron chi connectivity index (χ1n) is 29.0. The number of hydrogen-bond acceptors (Lipinski definition) is 15. The highest BCUT2D eigenvalue weighted by molar-refractivity contribution is 7.89. The molecule has 0 spiro atoms. The van der Waals surface area contributed by atoms with Crippen molar-refractivity contribution in [3.63, 3.8) is 0 Å². The predicted molar refractivity (Wildman–Crippen MR) is 344 cm³/mol. The number of furan rings is 1. The van der Waals surface area contributed by atoms with Gasteiger partial charge in [-0.2, -0.15) is 17.4 Å². The zero-order chi connectivity index (χ0) is 68.9. The molecule has 1 saturated heterocycles. The lowest BCUT2D eigenvalue weighted by atomic mass is 10.3. The quantitative estimate of drug-likeness (QED) is 0.0926. The first-order chi connectivity index (χ1) is 39.1. The van der Waals surface area contributed by atoms with E-state index in [1.807, 2.05) is 81.1 Å². The summed E-state index contributed by atoms with van der Waals surface area (Å²) in [6.45, 7) is 43.1. The number of aliphatic carboxylic acids is 1. The van der Waals surface area contributed by atoms with Crippen LogP contribution in [0, 0.1) is 5.92 Å². The van der Waals surface area contributed by atoms with E-state index in [9.17, 15) is 58.8 Å². The Morgan fingerprint density at radius 1 is 0.605 bits per heavy atom. The van der Waals surface area contributed by atoms with Gasteiger partial charge in [-0.25, -0.2) is 40.7 Å². The van der Waals surface area contributed by atoms with Gasteiger partial charge in [-0.15, -0.1) is 0 Å². The number of hydrogen-bond donors (Lipinski definition) is 11. The lowest BCUT2D eigenvalue weighted by molar-refractivity contribution is -0.150. The molecule has 0 aromatic carbocycles. The van der Waals surface area contributed by atoms with E-state index in [0.717, 1.165) is 62.5 Å². The van der Waals surface area contributed by atoms with Crippen LogP contribution in [0.2, 0.25) is 0 Å². The minimum absolute atomic E-state index is 0.00463. The molecule has 1 aliphatic carbocycles. The van der Waals surface area contributed by atoms with Gasteiger partial charge in [0.1, 0.15) is 0 Å². The summed E-state index contributed by atoms with van der Waals surface area (Å²) in [7, 11) is -4.09. The molecule has 3 rings (SSSR count). The summed E-state index contributed by atoms with van der Waals surface area (Å²) in [5.74, 6) is -1.41. The van der Waals surface area contributed by atoms with Gasteiger partial charge in [0.05, 0.1) is 18.3 Å². The maximum atomic E-state index is 11.5. The lowest BCUT2D eigenvalue weighted by Gasteiger charge is -2.32. The molecule has 11 N–H and O–H groups in total. The van der Waals surface area contributed by atoms with E-state index in [4.69, 9.17) is 9.52 Å². The summed E-state index contributed by atoms with van der Waals surface area (Å²) in [5.41, 5.74) is 0. The fraction of sp³-hybridized carbons (Fsp3) is 0.800. The molecule has 0 radical (unpaired) electrons. The summed E-state index contributed by atoms with van der Waals surface area (Å²) < 4.78 is 77.2. The predicted octanol–water partition coefficient (Wildman–Crippen LogP) is 3.99. The van der Waals surface area contributed by atoms with Crippen molar-refractivity contribution in [3.05, 3.63) is 24.2 Å². The Morgan fingerprint density at radius 3 is 1.28 bits per heavy atom. The SMILES string of the molecule is CC(=O)NC(C)C.CC(C)NC(=O)C(=O)O.CC(C)NC(=O)C1CC1.CC(C)NC(=O)N1CCN(C)CC1.CC(C)NC(=O)c1ccco1.CC(C)NS(=O)(=O)N(C)C.CC(C)NS(C)(=O)=O.CCCNC(=O)NC(C)C.CCS(=O)(=O)NC(C)C. The second kappa shape index (κ2) is 50.8. The number of carbonyl (C=O) groups is 7. The average molecular weight is 1300 g/mol. The number of amides is 8. The third-order valence-electron chi connectivity index (χ3n) is 8.92. The number of carboxylic acids is 1. The molecule has 510 valence electrons. The fourth-order valence-electron chi connectivity index (χ4n) is 5.39. The van der Waals surface area contributed by atoms with Gasteiger partial charge < -0.3 is 56.5 Å². The molecule has 1 aromatic heterocycles. The highest BCUT2D eigenvalue weighted by Crippen LogP contribution is 2.28. The highest BCUT2D eigenvalue weighted by atomic mass is 32.2.